The predicted molar refractivity (Wildman–Crippen MR) is 79.6 cm³/mol. The number of hydrogen-bond acceptors (Lipinski definition) is 2. The average Bonchev–Trinajstić information content (AvgIpc) is 3.27. The van der Waals surface area contributed by atoms with Gasteiger partial charge in [0.2, 0.25) is 0 Å². The first-order valence-corrected chi connectivity index (χ1v) is 8.90. The third kappa shape index (κ3) is 2.14. The van der Waals surface area contributed by atoms with Gasteiger partial charge in [-0.3, -0.25) is 0 Å². The molecule has 2 saturated heterocycles. The molecular formula is C18H30O2. The van der Waals surface area contributed by atoms with Gasteiger partial charge >= 0.3 is 0 Å². The highest BCUT2D eigenvalue weighted by Gasteiger charge is 2.59. The minimum atomic E-state index is 0.256. The fourth-order valence-electron chi connectivity index (χ4n) is 5.57. The maximum absolute atomic E-state index is 5.94. The summed E-state index contributed by atoms with van der Waals surface area (Å²) < 4.78 is 11.9. The van der Waals surface area contributed by atoms with Gasteiger partial charge in [0.1, 0.15) is 0 Å². The van der Waals surface area contributed by atoms with Crippen molar-refractivity contribution in [2.24, 2.45) is 17.8 Å². The summed E-state index contributed by atoms with van der Waals surface area (Å²) in [7, 11) is 0. The van der Waals surface area contributed by atoms with Gasteiger partial charge in [-0.05, 0) is 70.1 Å². The molecule has 0 aromatic rings. The molecule has 2 heterocycles. The number of epoxide rings is 2. The predicted octanol–water partition coefficient (Wildman–Crippen LogP) is 4.32. The van der Waals surface area contributed by atoms with Crippen LogP contribution in [0.4, 0.5) is 0 Å². The number of ether oxygens (including phenoxy) is 2. The van der Waals surface area contributed by atoms with Gasteiger partial charge in [0.25, 0.3) is 0 Å². The second-order valence-electron chi connectivity index (χ2n) is 8.37. The molecule has 0 amide bonds. The molecule has 2 heteroatoms. The molecule has 2 nitrogen and oxygen atoms in total. The molecule has 2 aliphatic heterocycles. The van der Waals surface area contributed by atoms with Crippen LogP contribution in [0.3, 0.4) is 0 Å². The first-order valence-electron chi connectivity index (χ1n) is 8.90. The van der Waals surface area contributed by atoms with E-state index in [-0.39, 0.29) is 11.2 Å². The molecular weight excluding hydrogens is 248 g/mol. The summed E-state index contributed by atoms with van der Waals surface area (Å²) in [5.41, 5.74) is 0.512. The van der Waals surface area contributed by atoms with E-state index in [2.05, 4.69) is 20.8 Å². The molecule has 0 N–H and O–H groups in total. The SMILES string of the molecule is CCCC(C1CCC2OC2(C)C1)C1CCC2OC2(C)C1. The zero-order valence-corrected chi connectivity index (χ0v) is 13.4. The van der Waals surface area contributed by atoms with Crippen LogP contribution in [-0.2, 0) is 9.47 Å². The van der Waals surface area contributed by atoms with Crippen molar-refractivity contribution in [3.8, 4) is 0 Å². The lowest BCUT2D eigenvalue weighted by Crippen LogP contribution is -2.35. The summed E-state index contributed by atoms with van der Waals surface area (Å²) >= 11 is 0. The topological polar surface area (TPSA) is 25.1 Å². The summed E-state index contributed by atoms with van der Waals surface area (Å²) in [5.74, 6) is 2.73. The van der Waals surface area contributed by atoms with Crippen molar-refractivity contribution in [1.82, 2.24) is 0 Å². The number of fused-ring (bicyclic) bond motifs is 2. The highest BCUT2D eigenvalue weighted by atomic mass is 16.6. The van der Waals surface area contributed by atoms with E-state index in [0.717, 1.165) is 17.8 Å². The van der Waals surface area contributed by atoms with Crippen molar-refractivity contribution in [3.63, 3.8) is 0 Å². The van der Waals surface area contributed by atoms with E-state index in [1.165, 1.54) is 51.4 Å². The van der Waals surface area contributed by atoms with Crippen molar-refractivity contribution in [1.29, 1.82) is 0 Å². The van der Waals surface area contributed by atoms with E-state index in [0.29, 0.717) is 12.2 Å². The molecule has 2 aliphatic carbocycles. The fraction of sp³-hybridized carbons (Fsp3) is 1.00. The molecule has 2 saturated carbocycles. The molecule has 4 rings (SSSR count). The highest BCUT2D eigenvalue weighted by Crippen LogP contribution is 2.56. The van der Waals surface area contributed by atoms with Gasteiger partial charge in [-0.15, -0.1) is 0 Å². The summed E-state index contributed by atoms with van der Waals surface area (Å²) in [6, 6.07) is 0. The molecule has 6 unspecified atom stereocenters. The van der Waals surface area contributed by atoms with Crippen LogP contribution in [0, 0.1) is 17.8 Å². The lowest BCUT2D eigenvalue weighted by atomic mass is 9.65. The Labute approximate surface area is 123 Å². The quantitative estimate of drug-likeness (QED) is 0.716. The Kier molecular flexibility index (Phi) is 3.03. The minimum absolute atomic E-state index is 0.256. The van der Waals surface area contributed by atoms with E-state index in [4.69, 9.17) is 9.47 Å². The Bertz CT molecular complexity index is 361. The third-order valence-electron chi connectivity index (χ3n) is 6.84. The van der Waals surface area contributed by atoms with E-state index in [9.17, 15) is 0 Å². The maximum Gasteiger partial charge on any atom is 0.0923 e. The second-order valence-corrected chi connectivity index (χ2v) is 8.37. The molecule has 0 spiro atoms. The third-order valence-corrected chi connectivity index (χ3v) is 6.84. The van der Waals surface area contributed by atoms with E-state index < -0.39 is 0 Å². The summed E-state index contributed by atoms with van der Waals surface area (Å²) in [6.45, 7) is 7.04. The Morgan fingerprint density at radius 2 is 1.40 bits per heavy atom. The van der Waals surface area contributed by atoms with Gasteiger partial charge in [-0.25, -0.2) is 0 Å². The lowest BCUT2D eigenvalue weighted by molar-refractivity contribution is 0.117. The zero-order chi connectivity index (χ0) is 14.0. The number of rotatable bonds is 4. The van der Waals surface area contributed by atoms with Crippen LogP contribution in [-0.4, -0.2) is 23.4 Å². The van der Waals surface area contributed by atoms with Crippen LogP contribution in [0.25, 0.3) is 0 Å². The second kappa shape index (κ2) is 4.46. The zero-order valence-electron chi connectivity index (χ0n) is 13.4. The summed E-state index contributed by atoms with van der Waals surface area (Å²) in [6.07, 6.45) is 12.0. The van der Waals surface area contributed by atoms with Crippen LogP contribution in [0.5, 0.6) is 0 Å². The maximum atomic E-state index is 5.94. The first kappa shape index (κ1) is 13.6. The van der Waals surface area contributed by atoms with Gasteiger partial charge in [0, 0.05) is 0 Å². The lowest BCUT2D eigenvalue weighted by Gasteiger charge is -2.38. The van der Waals surface area contributed by atoms with Gasteiger partial charge in [-0.1, -0.05) is 19.8 Å². The van der Waals surface area contributed by atoms with Gasteiger partial charge in [-0.2, -0.15) is 0 Å². The first-order chi connectivity index (χ1) is 9.54. The van der Waals surface area contributed by atoms with Gasteiger partial charge < -0.3 is 9.47 Å². The molecule has 0 bridgehead atoms. The van der Waals surface area contributed by atoms with Crippen LogP contribution in [0.1, 0.15) is 72.1 Å². The largest absolute Gasteiger partial charge is 0.366 e. The smallest absolute Gasteiger partial charge is 0.0923 e. The monoisotopic (exact) mass is 278 g/mol. The molecule has 0 aromatic heterocycles. The Balaban J connectivity index is 1.46. The molecule has 0 radical (unpaired) electrons. The van der Waals surface area contributed by atoms with Crippen molar-refractivity contribution in [2.45, 2.75) is 95.5 Å². The van der Waals surface area contributed by atoms with Crippen LogP contribution in [0.2, 0.25) is 0 Å². The normalized spacial score (nSPS) is 54.8. The van der Waals surface area contributed by atoms with Gasteiger partial charge in [0.15, 0.2) is 0 Å². The van der Waals surface area contributed by atoms with E-state index in [1.807, 2.05) is 0 Å². The standard InChI is InChI=1S/C18H30O2/c1-4-5-14(12-6-8-15-17(2,10-12)19-15)13-7-9-16-18(3,11-13)20-16/h12-16H,4-11H2,1-3H3. The van der Waals surface area contributed by atoms with E-state index in [1.54, 1.807) is 0 Å². The van der Waals surface area contributed by atoms with Gasteiger partial charge in [0.05, 0.1) is 23.4 Å². The molecule has 6 atom stereocenters. The van der Waals surface area contributed by atoms with Crippen LogP contribution in [0.15, 0.2) is 0 Å². The highest BCUT2D eigenvalue weighted by molar-refractivity contribution is 5.08. The Morgan fingerprint density at radius 1 is 0.900 bits per heavy atom. The van der Waals surface area contributed by atoms with Crippen molar-refractivity contribution in [3.05, 3.63) is 0 Å². The summed E-state index contributed by atoms with van der Waals surface area (Å²) in [5, 5.41) is 0. The average molecular weight is 278 g/mol. The molecule has 4 aliphatic rings. The Hall–Kier alpha value is -0.0800. The molecule has 20 heavy (non-hydrogen) atoms. The van der Waals surface area contributed by atoms with Crippen molar-refractivity contribution >= 4 is 0 Å². The molecule has 0 aromatic carbocycles. The van der Waals surface area contributed by atoms with E-state index >= 15 is 0 Å². The molecule has 114 valence electrons. The minimum Gasteiger partial charge on any atom is -0.366 e. The number of hydrogen-bond donors (Lipinski definition) is 0. The van der Waals surface area contributed by atoms with Crippen molar-refractivity contribution in [2.75, 3.05) is 0 Å². The summed E-state index contributed by atoms with van der Waals surface area (Å²) in [4.78, 5) is 0. The fourth-order valence-corrected chi connectivity index (χ4v) is 5.57. The Morgan fingerprint density at radius 3 is 1.80 bits per heavy atom. The van der Waals surface area contributed by atoms with Crippen LogP contribution < -0.4 is 0 Å². The molecule has 4 fully saturated rings. The van der Waals surface area contributed by atoms with Crippen LogP contribution >= 0.6 is 0 Å². The van der Waals surface area contributed by atoms with Crippen molar-refractivity contribution < 1.29 is 9.47 Å².